The van der Waals surface area contributed by atoms with Crippen molar-refractivity contribution in [3.63, 3.8) is 0 Å². The summed E-state index contributed by atoms with van der Waals surface area (Å²) in [4.78, 5) is 29.2. The fourth-order valence-electron chi connectivity index (χ4n) is 2.48. The lowest BCUT2D eigenvalue weighted by Gasteiger charge is -2.13. The van der Waals surface area contributed by atoms with Crippen molar-refractivity contribution in [1.29, 1.82) is 0 Å². The van der Waals surface area contributed by atoms with Gasteiger partial charge in [0.05, 0.1) is 24.2 Å². The smallest absolute Gasteiger partial charge is 0.478 e. The molecule has 3 N–H and O–H groups in total. The van der Waals surface area contributed by atoms with Crippen molar-refractivity contribution >= 4 is 39.3 Å². The number of aliphatic carboxylic acids is 1. The second kappa shape index (κ2) is 8.52. The minimum atomic E-state index is -5.08. The molecule has 0 unspecified atom stereocenters. The number of alkyl halides is 3. The maximum absolute atomic E-state index is 11.1. The van der Waals surface area contributed by atoms with E-state index >= 15 is 0 Å². The normalized spacial score (nSPS) is 13.0. The molecule has 4 rings (SSSR count). The van der Waals surface area contributed by atoms with Gasteiger partial charge in [0.1, 0.15) is 21.9 Å². The molecule has 3 aromatic heterocycles. The van der Waals surface area contributed by atoms with Crippen LogP contribution in [0.5, 0.6) is 5.88 Å². The number of carbonyl (C=O) groups is 2. The fraction of sp³-hybridized carbons (Fsp3) is 0.312. The van der Waals surface area contributed by atoms with Crippen LogP contribution < -0.4 is 10.1 Å². The molecule has 1 aliphatic rings. The van der Waals surface area contributed by atoms with Gasteiger partial charge in [0.25, 0.3) is 0 Å². The second-order valence-electron chi connectivity index (χ2n) is 5.91. The number of carboxylic acids is 2. The number of rotatable bonds is 4. The quantitative estimate of drug-likeness (QED) is 0.553. The van der Waals surface area contributed by atoms with E-state index in [2.05, 4.69) is 20.4 Å². The molecule has 160 valence electrons. The van der Waals surface area contributed by atoms with Crippen molar-refractivity contribution in [3.05, 3.63) is 29.0 Å². The van der Waals surface area contributed by atoms with Crippen molar-refractivity contribution < 1.29 is 37.7 Å². The topological polar surface area (TPSA) is 139 Å². The zero-order chi connectivity index (χ0) is 21.9. The molecule has 0 saturated carbocycles. The Hall–Kier alpha value is -3.42. The zero-order valence-corrected chi connectivity index (χ0v) is 15.8. The number of ether oxygens (including phenoxy) is 1. The van der Waals surface area contributed by atoms with Gasteiger partial charge in [0.2, 0.25) is 5.88 Å². The van der Waals surface area contributed by atoms with Gasteiger partial charge in [-0.05, 0) is 6.07 Å². The first-order chi connectivity index (χ1) is 14.1. The van der Waals surface area contributed by atoms with Gasteiger partial charge in [0.15, 0.2) is 0 Å². The number of thiophene rings is 1. The fourth-order valence-corrected chi connectivity index (χ4v) is 3.32. The number of hydrogen-bond acceptors (Lipinski definition) is 8. The Balaban J connectivity index is 0.000000318. The van der Waals surface area contributed by atoms with Crippen molar-refractivity contribution in [2.45, 2.75) is 25.7 Å². The summed E-state index contributed by atoms with van der Waals surface area (Å²) in [5.74, 6) is -2.33. The summed E-state index contributed by atoms with van der Waals surface area (Å²) in [5.41, 5.74) is 0.849. The molecule has 10 nitrogen and oxygen atoms in total. The summed E-state index contributed by atoms with van der Waals surface area (Å²) in [6, 6.07) is 3.49. The molecule has 0 amide bonds. The lowest BCUT2D eigenvalue weighted by molar-refractivity contribution is -0.192. The molecule has 0 saturated heterocycles. The molecule has 3 aromatic rings. The molecule has 0 aliphatic carbocycles. The van der Waals surface area contributed by atoms with Gasteiger partial charge >= 0.3 is 18.1 Å². The highest BCUT2D eigenvalue weighted by atomic mass is 32.1. The van der Waals surface area contributed by atoms with Crippen LogP contribution in [-0.4, -0.2) is 54.7 Å². The Bertz CT molecular complexity index is 1060. The van der Waals surface area contributed by atoms with E-state index in [-0.39, 0.29) is 4.88 Å². The molecule has 0 bridgehead atoms. The maximum Gasteiger partial charge on any atom is 0.490 e. The highest BCUT2D eigenvalue weighted by molar-refractivity contribution is 7.20. The lowest BCUT2D eigenvalue weighted by Crippen LogP contribution is -2.21. The summed E-state index contributed by atoms with van der Waals surface area (Å²) in [7, 11) is 0. The Morgan fingerprint density at radius 2 is 2.00 bits per heavy atom. The molecule has 0 aromatic carbocycles. The van der Waals surface area contributed by atoms with Crippen LogP contribution in [-0.2, 0) is 17.9 Å². The molecule has 0 radical (unpaired) electrons. The summed E-state index contributed by atoms with van der Waals surface area (Å²) < 4.78 is 39.1. The number of aromatic carboxylic acids is 1. The standard InChI is InChI=1S/C14H13N5O3S.C2HF3O2/c20-14(21)10-5-9-12(16-7-17-13(9)23-10)15-6-8-4-11-19(18-8)2-1-3-22-11;3-2(4,5)1(6)7/h4-5,7H,1-3,6H2,(H,20,21)(H,15,16,17);(H,6,7). The number of carboxylic acid groups (broad SMARTS) is 2. The van der Waals surface area contributed by atoms with Gasteiger partial charge in [-0.15, -0.1) is 11.3 Å². The summed E-state index contributed by atoms with van der Waals surface area (Å²) in [6.07, 6.45) is -2.70. The zero-order valence-electron chi connectivity index (χ0n) is 15.0. The first-order valence-electron chi connectivity index (χ1n) is 8.36. The third-order valence-corrected chi connectivity index (χ3v) is 4.81. The summed E-state index contributed by atoms with van der Waals surface area (Å²) >= 11 is 1.13. The first kappa shape index (κ1) is 21.3. The predicted molar refractivity (Wildman–Crippen MR) is 97.7 cm³/mol. The van der Waals surface area contributed by atoms with Crippen molar-refractivity contribution in [2.24, 2.45) is 0 Å². The highest BCUT2D eigenvalue weighted by Crippen LogP contribution is 2.28. The van der Waals surface area contributed by atoms with E-state index in [1.54, 1.807) is 6.07 Å². The molecule has 1 aliphatic heterocycles. The monoisotopic (exact) mass is 445 g/mol. The van der Waals surface area contributed by atoms with E-state index in [9.17, 15) is 18.0 Å². The summed E-state index contributed by atoms with van der Waals surface area (Å²) in [6.45, 7) is 2.06. The van der Waals surface area contributed by atoms with Gasteiger partial charge in [-0.2, -0.15) is 18.3 Å². The molecule has 14 heteroatoms. The Kier molecular flexibility index (Phi) is 6.05. The van der Waals surface area contributed by atoms with Crippen molar-refractivity contribution in [1.82, 2.24) is 19.7 Å². The SMILES string of the molecule is O=C(O)C(F)(F)F.O=C(O)c1cc2c(NCc3cc4n(n3)CCCO4)ncnc2s1. The number of aryl methyl sites for hydroxylation is 1. The average Bonchev–Trinajstić information content (AvgIpc) is 3.30. The van der Waals surface area contributed by atoms with Crippen LogP contribution in [0.3, 0.4) is 0 Å². The minimum absolute atomic E-state index is 0.245. The number of fused-ring (bicyclic) bond motifs is 2. The number of hydrogen-bond donors (Lipinski definition) is 3. The Morgan fingerprint density at radius 1 is 1.27 bits per heavy atom. The number of aromatic nitrogens is 4. The van der Waals surface area contributed by atoms with Crippen LogP contribution >= 0.6 is 11.3 Å². The number of nitrogens with one attached hydrogen (secondary N) is 1. The van der Waals surface area contributed by atoms with E-state index < -0.39 is 18.1 Å². The van der Waals surface area contributed by atoms with E-state index in [1.165, 1.54) is 6.33 Å². The van der Waals surface area contributed by atoms with Crippen LogP contribution in [0.1, 0.15) is 21.8 Å². The predicted octanol–water partition coefficient (Wildman–Crippen LogP) is 2.61. The van der Waals surface area contributed by atoms with E-state index in [0.717, 1.165) is 42.5 Å². The van der Waals surface area contributed by atoms with Gasteiger partial charge in [-0.3, -0.25) is 0 Å². The molecule has 0 fully saturated rings. The minimum Gasteiger partial charge on any atom is -0.478 e. The number of anilines is 1. The largest absolute Gasteiger partial charge is 0.490 e. The molecular formula is C16H14F3N5O5S. The first-order valence-corrected chi connectivity index (χ1v) is 9.18. The van der Waals surface area contributed by atoms with E-state index in [0.29, 0.717) is 22.6 Å². The molecule has 0 atom stereocenters. The number of halogens is 3. The molecule has 0 spiro atoms. The van der Waals surface area contributed by atoms with Crippen LogP contribution in [0.15, 0.2) is 18.5 Å². The van der Waals surface area contributed by atoms with Gasteiger partial charge in [0, 0.05) is 19.0 Å². The third kappa shape index (κ3) is 4.94. The molecule has 30 heavy (non-hydrogen) atoms. The highest BCUT2D eigenvalue weighted by Gasteiger charge is 2.38. The van der Waals surface area contributed by atoms with Crippen LogP contribution in [0.4, 0.5) is 19.0 Å². The second-order valence-corrected chi connectivity index (χ2v) is 6.94. The average molecular weight is 445 g/mol. The van der Waals surface area contributed by atoms with E-state index in [4.69, 9.17) is 19.7 Å². The Labute approximate surface area is 169 Å². The third-order valence-electron chi connectivity index (χ3n) is 3.78. The lowest BCUT2D eigenvalue weighted by atomic mass is 10.3. The Morgan fingerprint density at radius 3 is 2.63 bits per heavy atom. The molecular weight excluding hydrogens is 431 g/mol. The van der Waals surface area contributed by atoms with Crippen LogP contribution in [0, 0.1) is 0 Å². The maximum atomic E-state index is 11.1. The van der Waals surface area contributed by atoms with Crippen LogP contribution in [0.2, 0.25) is 0 Å². The van der Waals surface area contributed by atoms with Gasteiger partial charge in [-0.1, -0.05) is 0 Å². The van der Waals surface area contributed by atoms with E-state index in [1.807, 2.05) is 10.7 Å². The van der Waals surface area contributed by atoms with Crippen LogP contribution in [0.25, 0.3) is 10.2 Å². The van der Waals surface area contributed by atoms with Gasteiger partial charge < -0.3 is 20.3 Å². The summed E-state index contributed by atoms with van der Waals surface area (Å²) in [5, 5.41) is 24.6. The number of nitrogens with zero attached hydrogens (tertiary/aromatic N) is 4. The van der Waals surface area contributed by atoms with Crippen molar-refractivity contribution in [2.75, 3.05) is 11.9 Å². The van der Waals surface area contributed by atoms with Gasteiger partial charge in [-0.25, -0.2) is 24.2 Å². The van der Waals surface area contributed by atoms with Crippen molar-refractivity contribution in [3.8, 4) is 5.88 Å². The molecule has 4 heterocycles.